The molecule has 0 bridgehead atoms. The summed E-state index contributed by atoms with van der Waals surface area (Å²) in [4.78, 5) is 16.1. The fraction of sp³-hybridized carbons (Fsp3) is 0.462. The molecule has 0 spiro atoms. The van der Waals surface area contributed by atoms with Crippen molar-refractivity contribution in [1.82, 2.24) is 9.97 Å². The largest absolute Gasteiger partial charge is 0.372 e. The average molecular weight is 811 g/mol. The van der Waals surface area contributed by atoms with E-state index in [4.69, 9.17) is 9.97 Å². The number of benzene rings is 4. The molecule has 0 amide bonds. The topological polar surface area (TPSA) is 32.3 Å². The summed E-state index contributed by atoms with van der Waals surface area (Å²) < 4.78 is 2.46. The highest BCUT2D eigenvalue weighted by Crippen LogP contribution is 2.42. The van der Waals surface area contributed by atoms with E-state index in [1.165, 1.54) is 157 Å². The molecule has 7 aromatic rings. The molecule has 3 heterocycles. The zero-order valence-electron chi connectivity index (χ0n) is 35.8. The molecule has 6 heteroatoms. The smallest absolute Gasteiger partial charge is 0.109 e. The molecule has 0 radical (unpaired) electrons. The van der Waals surface area contributed by atoms with E-state index in [2.05, 4.69) is 121 Å². The second-order valence-corrected chi connectivity index (χ2v) is 18.3. The number of unbranched alkanes of at least 4 members (excludes halogenated alkanes) is 12. The van der Waals surface area contributed by atoms with Crippen LogP contribution < -0.4 is 9.80 Å². The van der Waals surface area contributed by atoms with E-state index in [0.717, 1.165) is 48.2 Å². The van der Waals surface area contributed by atoms with E-state index in [9.17, 15) is 0 Å². The van der Waals surface area contributed by atoms with E-state index in [0.29, 0.717) is 0 Å². The Bertz CT molecular complexity index is 2130. The summed E-state index contributed by atoms with van der Waals surface area (Å²) in [5.74, 6) is 0. The Hall–Kier alpha value is -4.00. The van der Waals surface area contributed by atoms with E-state index in [-0.39, 0.29) is 0 Å². The molecule has 0 atom stereocenters. The lowest BCUT2D eigenvalue weighted by Crippen LogP contribution is -2.25. The van der Waals surface area contributed by atoms with Gasteiger partial charge in [-0.15, -0.1) is 22.7 Å². The fourth-order valence-corrected chi connectivity index (χ4v) is 10.5. The standard InChI is InChI=1S/C52H66N4S2/c1-5-9-13-17-31-55(32-18-14-10-6-2)41-25-21-39(22-26-41)45-37-47-48(54-50-49(53-47)51-43(29-35-57-51)44-30-36-58-52(44)50)38-46(45)40-23-27-42(28-24-40)56(33-19-15-11-7-3)34-20-16-12-8-4/h21-30,35-38H,5-20,31-34H2,1-4H3. The predicted octanol–water partition coefficient (Wildman–Crippen LogP) is 16.5. The maximum Gasteiger partial charge on any atom is 0.109 e. The van der Waals surface area contributed by atoms with Crippen molar-refractivity contribution in [1.29, 1.82) is 0 Å². The maximum atomic E-state index is 5.43. The zero-order valence-corrected chi connectivity index (χ0v) is 37.5. The molecule has 7 rings (SSSR count). The van der Waals surface area contributed by atoms with E-state index in [1.807, 2.05) is 0 Å². The van der Waals surface area contributed by atoms with Crippen molar-refractivity contribution in [2.75, 3.05) is 36.0 Å². The van der Waals surface area contributed by atoms with Crippen LogP contribution in [0.3, 0.4) is 0 Å². The Morgan fingerprint density at radius 3 is 1.09 bits per heavy atom. The summed E-state index contributed by atoms with van der Waals surface area (Å²) in [5, 5.41) is 6.96. The van der Waals surface area contributed by atoms with Crippen molar-refractivity contribution in [3.05, 3.63) is 83.6 Å². The van der Waals surface area contributed by atoms with Gasteiger partial charge in [-0.25, -0.2) is 9.97 Å². The number of aromatic nitrogens is 2. The highest BCUT2D eigenvalue weighted by atomic mass is 32.1. The molecule has 0 saturated carbocycles. The molecule has 0 saturated heterocycles. The highest BCUT2D eigenvalue weighted by Gasteiger charge is 2.18. The minimum absolute atomic E-state index is 0.955. The van der Waals surface area contributed by atoms with Crippen LogP contribution in [-0.4, -0.2) is 36.1 Å². The van der Waals surface area contributed by atoms with Crippen LogP contribution in [0.15, 0.2) is 83.6 Å². The first-order valence-corrected chi connectivity index (χ1v) is 24.6. The van der Waals surface area contributed by atoms with Crippen LogP contribution in [-0.2, 0) is 0 Å². The molecular weight excluding hydrogens is 745 g/mol. The third-order valence-electron chi connectivity index (χ3n) is 12.1. The lowest BCUT2D eigenvalue weighted by Gasteiger charge is -2.26. The molecule has 58 heavy (non-hydrogen) atoms. The van der Waals surface area contributed by atoms with Crippen molar-refractivity contribution < 1.29 is 0 Å². The Balaban J connectivity index is 1.28. The van der Waals surface area contributed by atoms with Gasteiger partial charge in [-0.3, -0.25) is 0 Å². The van der Waals surface area contributed by atoms with E-state index >= 15 is 0 Å². The normalized spacial score (nSPS) is 11.8. The summed E-state index contributed by atoms with van der Waals surface area (Å²) >= 11 is 3.55. The molecule has 0 N–H and O–H groups in total. The number of hydrogen-bond donors (Lipinski definition) is 0. The number of fused-ring (bicyclic) bond motifs is 7. The molecule has 0 unspecified atom stereocenters. The fourth-order valence-electron chi connectivity index (χ4n) is 8.67. The maximum absolute atomic E-state index is 5.43. The predicted molar refractivity (Wildman–Crippen MR) is 260 cm³/mol. The molecular formula is C52H66N4S2. The first kappa shape index (κ1) is 42.1. The van der Waals surface area contributed by atoms with Crippen LogP contribution in [0.4, 0.5) is 11.4 Å². The third-order valence-corrected chi connectivity index (χ3v) is 13.9. The first-order chi connectivity index (χ1) is 28.6. The molecule has 3 aromatic heterocycles. The highest BCUT2D eigenvalue weighted by molar-refractivity contribution is 7.20. The molecule has 0 aliphatic heterocycles. The molecule has 0 aliphatic carbocycles. The second kappa shape index (κ2) is 21.3. The molecule has 0 fully saturated rings. The molecule has 0 aliphatic rings. The van der Waals surface area contributed by atoms with Gasteiger partial charge in [-0.2, -0.15) is 0 Å². The van der Waals surface area contributed by atoms with Crippen LogP contribution in [0.2, 0.25) is 0 Å². The summed E-state index contributed by atoms with van der Waals surface area (Å²) in [6, 6.07) is 28.0. The van der Waals surface area contributed by atoms with Crippen molar-refractivity contribution in [2.45, 2.75) is 130 Å². The summed E-state index contributed by atoms with van der Waals surface area (Å²) in [6.45, 7) is 13.7. The van der Waals surface area contributed by atoms with Gasteiger partial charge in [0.05, 0.1) is 20.4 Å². The van der Waals surface area contributed by atoms with Crippen molar-refractivity contribution in [2.24, 2.45) is 0 Å². The number of rotatable bonds is 24. The lowest BCUT2D eigenvalue weighted by atomic mass is 9.93. The van der Waals surface area contributed by atoms with Gasteiger partial charge in [-0.05, 0) is 107 Å². The van der Waals surface area contributed by atoms with Crippen molar-refractivity contribution in [3.8, 4) is 22.3 Å². The first-order valence-electron chi connectivity index (χ1n) is 22.9. The van der Waals surface area contributed by atoms with Crippen LogP contribution >= 0.6 is 22.7 Å². The van der Waals surface area contributed by atoms with Crippen molar-refractivity contribution in [3.63, 3.8) is 0 Å². The van der Waals surface area contributed by atoms with Gasteiger partial charge in [0, 0.05) is 48.3 Å². The molecule has 306 valence electrons. The summed E-state index contributed by atoms with van der Waals surface area (Å²) in [5.41, 5.74) is 11.5. The van der Waals surface area contributed by atoms with Gasteiger partial charge in [-0.1, -0.05) is 129 Å². The monoisotopic (exact) mass is 810 g/mol. The number of nitrogens with zero attached hydrogens (tertiary/aromatic N) is 4. The minimum atomic E-state index is 0.955. The zero-order chi connectivity index (χ0) is 40.1. The van der Waals surface area contributed by atoms with Crippen LogP contribution in [0.5, 0.6) is 0 Å². The molecule has 4 aromatic carbocycles. The third kappa shape index (κ3) is 10.1. The van der Waals surface area contributed by atoms with Gasteiger partial charge in [0.2, 0.25) is 0 Å². The van der Waals surface area contributed by atoms with Crippen LogP contribution in [0.25, 0.3) is 64.5 Å². The molecule has 4 nitrogen and oxygen atoms in total. The lowest BCUT2D eigenvalue weighted by molar-refractivity contribution is 0.609. The minimum Gasteiger partial charge on any atom is -0.372 e. The van der Waals surface area contributed by atoms with Gasteiger partial charge in [0.15, 0.2) is 0 Å². The Kier molecular flexibility index (Phi) is 15.5. The van der Waals surface area contributed by atoms with Gasteiger partial charge >= 0.3 is 0 Å². The number of anilines is 2. The SMILES string of the molecule is CCCCCCN(CCCCCC)c1ccc(-c2cc3nc4c(nc3cc2-c2ccc(N(CCCCCC)CCCCCC)cc2)c2sccc2c2ccsc24)cc1. The van der Waals surface area contributed by atoms with E-state index < -0.39 is 0 Å². The Labute approximate surface area is 356 Å². The quantitative estimate of drug-likeness (QED) is 0.0449. The van der Waals surface area contributed by atoms with E-state index in [1.54, 1.807) is 22.7 Å². The number of thiophene rings is 2. The van der Waals surface area contributed by atoms with Gasteiger partial charge < -0.3 is 9.80 Å². The summed E-state index contributed by atoms with van der Waals surface area (Å²) in [7, 11) is 0. The van der Waals surface area contributed by atoms with Crippen molar-refractivity contribution >= 4 is 76.3 Å². The Morgan fingerprint density at radius 1 is 0.414 bits per heavy atom. The van der Waals surface area contributed by atoms with Crippen LogP contribution in [0.1, 0.15) is 130 Å². The Morgan fingerprint density at radius 2 is 0.759 bits per heavy atom. The summed E-state index contributed by atoms with van der Waals surface area (Å²) in [6.07, 6.45) is 20.6. The second-order valence-electron chi connectivity index (χ2n) is 16.4. The average Bonchev–Trinajstić information content (AvgIpc) is 3.96. The number of hydrogen-bond acceptors (Lipinski definition) is 6. The van der Waals surface area contributed by atoms with Crippen LogP contribution in [0, 0.1) is 0 Å². The van der Waals surface area contributed by atoms with Gasteiger partial charge in [0.1, 0.15) is 11.0 Å². The van der Waals surface area contributed by atoms with Gasteiger partial charge in [0.25, 0.3) is 0 Å².